The van der Waals surface area contributed by atoms with Crippen LogP contribution in [0.15, 0.2) is 22.6 Å². The van der Waals surface area contributed by atoms with Gasteiger partial charge in [-0.3, -0.25) is 4.79 Å². The number of amides is 1. The zero-order valence-corrected chi connectivity index (χ0v) is 18.0. The van der Waals surface area contributed by atoms with Crippen molar-refractivity contribution in [3.63, 3.8) is 0 Å². The molecule has 2 aliphatic heterocycles. The Morgan fingerprint density at radius 1 is 1.21 bits per heavy atom. The molecule has 160 valence electrons. The smallest absolute Gasteiger partial charge is 0.246 e. The summed E-state index contributed by atoms with van der Waals surface area (Å²) in [5.74, 6) is 2.15. The number of nitrogens with zero attached hydrogens (tertiary/aromatic N) is 2. The Morgan fingerprint density at radius 2 is 1.90 bits per heavy atom. The quantitative estimate of drug-likeness (QED) is 0.632. The average Bonchev–Trinajstić information content (AvgIpc) is 3.06. The summed E-state index contributed by atoms with van der Waals surface area (Å²) in [6.45, 7) is 3.11. The molecular weight excluding hydrogens is 416 g/mol. The lowest BCUT2D eigenvalue weighted by molar-refractivity contribution is -0.127. The first-order chi connectivity index (χ1) is 13.7. The van der Waals surface area contributed by atoms with E-state index in [2.05, 4.69) is 6.92 Å². The first-order valence-electron chi connectivity index (χ1n) is 9.92. The van der Waals surface area contributed by atoms with E-state index in [0.29, 0.717) is 17.6 Å². The van der Waals surface area contributed by atoms with Crippen LogP contribution in [0.3, 0.4) is 0 Å². The molecular formula is C19H26N2O6S2. The second-order valence-electron chi connectivity index (χ2n) is 8.19. The van der Waals surface area contributed by atoms with Gasteiger partial charge in [0.25, 0.3) is 0 Å². The standard InChI is InChI=1S/C19H26N2O6S2/c1-14-12-17(14)18-4-2-15(27-18)3-5-19(22)20-7-9-21(10-8-20)29(25,26)16-6-11-28(23,24)13-16/h2-5,14,16-17H,6-13H2,1H3/b5-3+. The van der Waals surface area contributed by atoms with Gasteiger partial charge in [0.05, 0.1) is 16.8 Å². The van der Waals surface area contributed by atoms with Crippen LogP contribution in [0.1, 0.15) is 37.2 Å². The molecule has 10 heteroatoms. The molecule has 3 aliphatic rings. The highest BCUT2D eigenvalue weighted by molar-refractivity contribution is 7.95. The van der Waals surface area contributed by atoms with Crippen LogP contribution in [0.4, 0.5) is 0 Å². The molecule has 3 atom stereocenters. The summed E-state index contributed by atoms with van der Waals surface area (Å²) in [6, 6.07) is 3.80. The van der Waals surface area contributed by atoms with Crippen molar-refractivity contribution in [3.05, 3.63) is 29.7 Å². The molecule has 3 fully saturated rings. The van der Waals surface area contributed by atoms with E-state index in [4.69, 9.17) is 4.42 Å². The third kappa shape index (κ3) is 4.44. The summed E-state index contributed by atoms with van der Waals surface area (Å²) < 4.78 is 55.7. The van der Waals surface area contributed by atoms with Crippen LogP contribution in [-0.2, 0) is 24.7 Å². The molecule has 0 bridgehead atoms. The third-order valence-corrected chi connectivity index (χ3v) is 10.3. The molecule has 8 nitrogen and oxygen atoms in total. The van der Waals surface area contributed by atoms with Crippen molar-refractivity contribution >= 4 is 31.8 Å². The van der Waals surface area contributed by atoms with E-state index in [1.165, 1.54) is 10.4 Å². The van der Waals surface area contributed by atoms with E-state index in [1.807, 2.05) is 12.1 Å². The summed E-state index contributed by atoms with van der Waals surface area (Å²) in [4.78, 5) is 14.0. The number of sulfonamides is 1. The number of sulfone groups is 1. The Kier molecular flexibility index (Phi) is 5.37. The van der Waals surface area contributed by atoms with E-state index in [1.54, 1.807) is 11.0 Å². The van der Waals surface area contributed by atoms with Crippen LogP contribution >= 0.6 is 0 Å². The predicted molar refractivity (Wildman–Crippen MR) is 108 cm³/mol. The molecule has 0 spiro atoms. The van der Waals surface area contributed by atoms with E-state index in [-0.39, 0.29) is 50.0 Å². The van der Waals surface area contributed by atoms with Crippen LogP contribution in [0.2, 0.25) is 0 Å². The van der Waals surface area contributed by atoms with E-state index in [9.17, 15) is 21.6 Å². The first kappa shape index (κ1) is 20.6. The minimum atomic E-state index is -3.66. The highest BCUT2D eigenvalue weighted by Crippen LogP contribution is 2.47. The lowest BCUT2D eigenvalue weighted by Gasteiger charge is -2.34. The van der Waals surface area contributed by atoms with Gasteiger partial charge in [0.1, 0.15) is 11.5 Å². The number of furan rings is 1. The largest absolute Gasteiger partial charge is 0.461 e. The molecule has 0 N–H and O–H groups in total. The maximum atomic E-state index is 12.7. The van der Waals surface area contributed by atoms with Crippen molar-refractivity contribution in [3.8, 4) is 0 Å². The molecule has 0 aromatic carbocycles. The second kappa shape index (κ2) is 7.55. The number of rotatable bonds is 5. The minimum absolute atomic E-state index is 0.0751. The SMILES string of the molecule is CC1CC1c1ccc(/C=C/C(=O)N2CCN(S(=O)(=O)C3CCS(=O)(=O)C3)CC2)o1. The molecule has 1 aromatic rings. The third-order valence-electron chi connectivity index (χ3n) is 6.03. The van der Waals surface area contributed by atoms with Gasteiger partial charge >= 0.3 is 0 Å². The number of carbonyl (C=O) groups is 1. The maximum Gasteiger partial charge on any atom is 0.246 e. The van der Waals surface area contributed by atoms with E-state index >= 15 is 0 Å². The second-order valence-corrected chi connectivity index (χ2v) is 12.6. The number of hydrogen-bond donors (Lipinski definition) is 0. The molecule has 1 amide bonds. The van der Waals surface area contributed by atoms with Crippen molar-refractivity contribution < 1.29 is 26.0 Å². The van der Waals surface area contributed by atoms with Crippen LogP contribution in [0.5, 0.6) is 0 Å². The Bertz CT molecular complexity index is 1020. The summed E-state index contributed by atoms with van der Waals surface area (Å²) >= 11 is 0. The van der Waals surface area contributed by atoms with Gasteiger partial charge < -0.3 is 9.32 Å². The number of hydrogen-bond acceptors (Lipinski definition) is 6. The number of piperazine rings is 1. The summed E-state index contributed by atoms with van der Waals surface area (Å²) in [6.07, 6.45) is 4.38. The molecule has 4 rings (SSSR count). The van der Waals surface area contributed by atoms with Crippen LogP contribution < -0.4 is 0 Å². The van der Waals surface area contributed by atoms with Crippen LogP contribution in [0, 0.1) is 5.92 Å². The zero-order valence-electron chi connectivity index (χ0n) is 16.4. The van der Waals surface area contributed by atoms with Crippen LogP contribution in [-0.4, -0.2) is 74.9 Å². The molecule has 3 heterocycles. The lowest BCUT2D eigenvalue weighted by Crippen LogP contribution is -2.52. The van der Waals surface area contributed by atoms with Gasteiger partial charge in [-0.2, -0.15) is 4.31 Å². The van der Waals surface area contributed by atoms with Gasteiger partial charge in [-0.25, -0.2) is 16.8 Å². The molecule has 1 aromatic heterocycles. The van der Waals surface area contributed by atoms with E-state index < -0.39 is 25.1 Å². The maximum absolute atomic E-state index is 12.7. The fourth-order valence-corrected chi connectivity index (χ4v) is 8.52. The summed E-state index contributed by atoms with van der Waals surface area (Å²) in [5, 5.41) is -0.864. The van der Waals surface area contributed by atoms with Gasteiger partial charge in [-0.15, -0.1) is 0 Å². The zero-order chi connectivity index (χ0) is 20.8. The molecule has 2 saturated heterocycles. The van der Waals surface area contributed by atoms with Gasteiger partial charge in [0, 0.05) is 38.2 Å². The highest BCUT2D eigenvalue weighted by Gasteiger charge is 2.41. The van der Waals surface area contributed by atoms with Crippen molar-refractivity contribution in [2.24, 2.45) is 5.92 Å². The average molecular weight is 443 g/mol. The van der Waals surface area contributed by atoms with Crippen LogP contribution in [0.25, 0.3) is 6.08 Å². The lowest BCUT2D eigenvalue weighted by atomic mass is 10.3. The summed E-state index contributed by atoms with van der Waals surface area (Å²) in [7, 11) is -6.92. The van der Waals surface area contributed by atoms with Gasteiger partial charge in [0.15, 0.2) is 9.84 Å². The fourth-order valence-electron chi connectivity index (χ4n) is 4.00. The topological polar surface area (TPSA) is 105 Å². The Morgan fingerprint density at radius 3 is 2.48 bits per heavy atom. The van der Waals surface area contributed by atoms with Crippen molar-refractivity contribution in [1.82, 2.24) is 9.21 Å². The Hall–Kier alpha value is -1.65. The molecule has 1 saturated carbocycles. The molecule has 29 heavy (non-hydrogen) atoms. The predicted octanol–water partition coefficient (Wildman–Crippen LogP) is 1.08. The highest BCUT2D eigenvalue weighted by atomic mass is 32.2. The minimum Gasteiger partial charge on any atom is -0.461 e. The number of carbonyl (C=O) groups excluding carboxylic acids is 1. The fraction of sp³-hybridized carbons (Fsp3) is 0.632. The monoisotopic (exact) mass is 442 g/mol. The Labute approximate surface area is 171 Å². The van der Waals surface area contributed by atoms with Crippen molar-refractivity contribution in [2.75, 3.05) is 37.7 Å². The van der Waals surface area contributed by atoms with Gasteiger partial charge in [0.2, 0.25) is 15.9 Å². The van der Waals surface area contributed by atoms with Crippen molar-refractivity contribution in [1.29, 1.82) is 0 Å². The van der Waals surface area contributed by atoms with Gasteiger partial charge in [-0.1, -0.05) is 6.92 Å². The summed E-state index contributed by atoms with van der Waals surface area (Å²) in [5.41, 5.74) is 0. The molecule has 1 aliphatic carbocycles. The molecule has 0 radical (unpaired) electrons. The normalized spacial score (nSPS) is 30.1. The van der Waals surface area contributed by atoms with E-state index in [0.717, 1.165) is 12.2 Å². The molecule has 3 unspecified atom stereocenters. The Balaban J connectivity index is 1.31. The first-order valence-corrected chi connectivity index (χ1v) is 13.2. The van der Waals surface area contributed by atoms with Gasteiger partial charge in [-0.05, 0) is 37.0 Å². The van der Waals surface area contributed by atoms with Crippen molar-refractivity contribution in [2.45, 2.75) is 30.9 Å².